The van der Waals surface area contributed by atoms with Crippen LogP contribution in [0.5, 0.6) is 0 Å². The molecule has 3 rings (SSSR count). The quantitative estimate of drug-likeness (QED) is 0.278. The van der Waals surface area contributed by atoms with Gasteiger partial charge in [-0.25, -0.2) is 8.78 Å². The van der Waals surface area contributed by atoms with Crippen LogP contribution in [0.25, 0.3) is 0 Å². The monoisotopic (exact) mass is 672 g/mol. The summed E-state index contributed by atoms with van der Waals surface area (Å²) in [5.41, 5.74) is -8.54. The van der Waals surface area contributed by atoms with Crippen LogP contribution in [0.2, 0.25) is 0 Å². The average Bonchev–Trinajstić information content (AvgIpc) is 2.83. The zero-order valence-corrected chi connectivity index (χ0v) is 22.0. The number of rotatable bonds is 5. The summed E-state index contributed by atoms with van der Waals surface area (Å²) in [4.78, 5) is 26.4. The van der Waals surface area contributed by atoms with E-state index in [1.54, 1.807) is 18.2 Å². The maximum absolute atomic E-state index is 15.3. The molecule has 202 valence electrons. The van der Waals surface area contributed by atoms with E-state index in [0.717, 1.165) is 11.0 Å². The minimum Gasteiger partial charge on any atom is -0.320 e. The molecule has 2 amide bonds. The van der Waals surface area contributed by atoms with E-state index in [0.29, 0.717) is 0 Å². The fraction of sp³-hybridized carbons (Fsp3) is 0.167. The Bertz CT molecular complexity index is 1340. The van der Waals surface area contributed by atoms with Crippen LogP contribution >= 0.6 is 31.9 Å². The van der Waals surface area contributed by atoms with Crippen LogP contribution < -0.4 is 10.2 Å². The number of nitrogens with one attached hydrogen (secondary N) is 1. The highest BCUT2D eigenvalue weighted by atomic mass is 79.9. The van der Waals surface area contributed by atoms with E-state index in [-0.39, 0.29) is 23.4 Å². The van der Waals surface area contributed by atoms with Crippen molar-refractivity contribution in [2.45, 2.75) is 18.0 Å². The molecular weight excluding hydrogens is 660 g/mol. The molecule has 0 saturated heterocycles. The van der Waals surface area contributed by atoms with Crippen molar-refractivity contribution >= 4 is 55.0 Å². The summed E-state index contributed by atoms with van der Waals surface area (Å²) < 4.78 is 107. The molecule has 0 fully saturated rings. The van der Waals surface area contributed by atoms with Crippen LogP contribution in [0, 0.1) is 5.82 Å². The Labute approximate surface area is 226 Å². The molecule has 14 heteroatoms. The van der Waals surface area contributed by atoms with E-state index < -0.39 is 61.4 Å². The van der Waals surface area contributed by atoms with Gasteiger partial charge in [0.1, 0.15) is 0 Å². The maximum Gasteiger partial charge on any atom is 0.435 e. The second kappa shape index (κ2) is 10.6. The standard InChI is InChI=1S/C24H14Br2F8N2O2/c1-36(21(38)12-6-3-2-4-7-12)17-9-5-8-14(18(17)27)20(37)35-19-15(25)10-13(11-16(19)26)22(28,23(29,30)31)24(32,33)34/h2-11H,1H3,(H,35,37). The number of carbonyl (C=O) groups excluding carboxylic acids is 2. The Morgan fingerprint density at radius 2 is 1.34 bits per heavy atom. The Morgan fingerprint density at radius 1 is 0.816 bits per heavy atom. The van der Waals surface area contributed by atoms with E-state index >= 15 is 4.39 Å². The van der Waals surface area contributed by atoms with Crippen molar-refractivity contribution in [1.82, 2.24) is 0 Å². The zero-order chi connectivity index (χ0) is 28.6. The van der Waals surface area contributed by atoms with E-state index in [1.807, 2.05) is 0 Å². The first-order chi connectivity index (χ1) is 17.5. The van der Waals surface area contributed by atoms with Gasteiger partial charge >= 0.3 is 18.0 Å². The van der Waals surface area contributed by atoms with Gasteiger partial charge in [-0.2, -0.15) is 26.3 Å². The molecule has 0 radical (unpaired) electrons. The van der Waals surface area contributed by atoms with E-state index in [2.05, 4.69) is 37.2 Å². The highest BCUT2D eigenvalue weighted by Crippen LogP contribution is 2.54. The van der Waals surface area contributed by atoms with Crippen molar-refractivity contribution in [1.29, 1.82) is 0 Å². The molecule has 3 aromatic rings. The summed E-state index contributed by atoms with van der Waals surface area (Å²) in [5.74, 6) is -2.87. The number of amides is 2. The molecule has 3 aromatic carbocycles. The van der Waals surface area contributed by atoms with Gasteiger partial charge in [-0.15, -0.1) is 0 Å². The molecule has 0 aromatic heterocycles. The molecular formula is C24H14Br2F8N2O2. The molecule has 0 atom stereocenters. The van der Waals surface area contributed by atoms with Crippen molar-refractivity contribution in [3.63, 3.8) is 0 Å². The maximum atomic E-state index is 15.3. The summed E-state index contributed by atoms with van der Waals surface area (Å²) in [6, 6.07) is 11.8. The molecule has 0 aliphatic carbocycles. The molecule has 0 saturated carbocycles. The fourth-order valence-electron chi connectivity index (χ4n) is 3.40. The molecule has 38 heavy (non-hydrogen) atoms. The highest BCUT2D eigenvalue weighted by molar-refractivity contribution is 9.11. The summed E-state index contributed by atoms with van der Waals surface area (Å²) in [6.07, 6.45) is -12.7. The lowest BCUT2D eigenvalue weighted by atomic mass is 9.94. The summed E-state index contributed by atoms with van der Waals surface area (Å²) in [7, 11) is 1.27. The SMILES string of the molecule is CN(C(=O)c1ccccc1)c1cccc(C(=O)Nc2c(Br)cc(C(F)(C(F)(F)F)C(F)(F)F)cc2Br)c1F. The van der Waals surface area contributed by atoms with Crippen molar-refractivity contribution < 1.29 is 44.7 Å². The van der Waals surface area contributed by atoms with Gasteiger partial charge in [0.05, 0.1) is 16.9 Å². The summed E-state index contributed by atoms with van der Waals surface area (Å²) >= 11 is 5.47. The molecule has 0 aliphatic heterocycles. The predicted molar refractivity (Wildman–Crippen MR) is 130 cm³/mol. The van der Waals surface area contributed by atoms with Crippen molar-refractivity contribution in [3.8, 4) is 0 Å². The molecule has 4 nitrogen and oxygen atoms in total. The average molecular weight is 674 g/mol. The number of alkyl halides is 7. The lowest BCUT2D eigenvalue weighted by Gasteiger charge is -2.31. The minimum absolute atomic E-state index is 0.209. The van der Waals surface area contributed by atoms with Crippen LogP contribution in [0.3, 0.4) is 0 Å². The predicted octanol–water partition coefficient (Wildman–Crippen LogP) is 8.17. The van der Waals surface area contributed by atoms with Gasteiger partial charge in [0.15, 0.2) is 5.82 Å². The van der Waals surface area contributed by atoms with Gasteiger partial charge < -0.3 is 10.2 Å². The molecule has 0 heterocycles. The third kappa shape index (κ3) is 5.41. The number of hydrogen-bond acceptors (Lipinski definition) is 2. The van der Waals surface area contributed by atoms with E-state index in [4.69, 9.17) is 0 Å². The molecule has 0 unspecified atom stereocenters. The van der Waals surface area contributed by atoms with Crippen molar-refractivity contribution in [3.05, 3.63) is 92.1 Å². The topological polar surface area (TPSA) is 49.4 Å². The third-order valence-corrected chi connectivity index (χ3v) is 6.62. The molecule has 1 N–H and O–H groups in total. The fourth-order valence-corrected chi connectivity index (χ4v) is 4.78. The Hall–Kier alpha value is -3.00. The van der Waals surface area contributed by atoms with Crippen LogP contribution in [0.4, 0.5) is 46.5 Å². The first kappa shape index (κ1) is 29.6. The van der Waals surface area contributed by atoms with Gasteiger partial charge in [0.25, 0.3) is 11.8 Å². The van der Waals surface area contributed by atoms with Gasteiger partial charge in [-0.05, 0) is 68.3 Å². The van der Waals surface area contributed by atoms with Gasteiger partial charge in [-0.3, -0.25) is 9.59 Å². The van der Waals surface area contributed by atoms with Gasteiger partial charge in [0, 0.05) is 27.1 Å². The Morgan fingerprint density at radius 3 is 1.84 bits per heavy atom. The third-order valence-electron chi connectivity index (χ3n) is 5.37. The molecule has 0 aliphatic rings. The van der Waals surface area contributed by atoms with Crippen LogP contribution in [0.15, 0.2) is 69.6 Å². The second-order valence-electron chi connectivity index (χ2n) is 7.79. The first-order valence-electron chi connectivity index (χ1n) is 10.3. The molecule has 0 spiro atoms. The number of anilines is 2. The van der Waals surface area contributed by atoms with Crippen molar-refractivity contribution in [2.75, 3.05) is 17.3 Å². The number of nitrogens with zero attached hydrogens (tertiary/aromatic N) is 1. The van der Waals surface area contributed by atoms with Crippen molar-refractivity contribution in [2.24, 2.45) is 0 Å². The minimum atomic E-state index is -6.35. The van der Waals surface area contributed by atoms with Gasteiger partial charge in [0.2, 0.25) is 0 Å². The normalized spacial score (nSPS) is 12.3. The van der Waals surface area contributed by atoms with E-state index in [9.17, 15) is 40.3 Å². The zero-order valence-electron chi connectivity index (χ0n) is 18.8. The number of carbonyl (C=O) groups is 2. The second-order valence-corrected chi connectivity index (χ2v) is 9.50. The highest BCUT2D eigenvalue weighted by Gasteiger charge is 2.73. The van der Waals surface area contributed by atoms with E-state index in [1.165, 1.54) is 31.3 Å². The summed E-state index contributed by atoms with van der Waals surface area (Å²) in [6.45, 7) is 0. The lowest BCUT2D eigenvalue weighted by molar-refractivity contribution is -0.348. The number of halogens is 10. The van der Waals surface area contributed by atoms with Gasteiger partial charge in [-0.1, -0.05) is 24.3 Å². The van der Waals surface area contributed by atoms with Crippen LogP contribution in [-0.4, -0.2) is 31.2 Å². The Balaban J connectivity index is 1.96. The summed E-state index contributed by atoms with van der Waals surface area (Å²) in [5, 5.41) is 2.16. The van der Waals surface area contributed by atoms with Crippen LogP contribution in [0.1, 0.15) is 26.3 Å². The molecule has 0 bridgehead atoms. The number of benzene rings is 3. The first-order valence-corrected chi connectivity index (χ1v) is 11.8. The number of hydrogen-bond donors (Lipinski definition) is 1. The largest absolute Gasteiger partial charge is 0.435 e. The Kier molecular flexibility index (Phi) is 8.27. The smallest absolute Gasteiger partial charge is 0.320 e. The van der Waals surface area contributed by atoms with Crippen LogP contribution in [-0.2, 0) is 5.67 Å². The lowest BCUT2D eigenvalue weighted by Crippen LogP contribution is -2.50.